The van der Waals surface area contributed by atoms with Crippen LogP contribution in [0.5, 0.6) is 0 Å². The fraction of sp³-hybridized carbons (Fsp3) is 0.333. The number of hydrogen-bond donors (Lipinski definition) is 0. The highest BCUT2D eigenvalue weighted by atomic mass is 79.9. The summed E-state index contributed by atoms with van der Waals surface area (Å²) in [5.41, 5.74) is 2.87. The van der Waals surface area contributed by atoms with Gasteiger partial charge in [0.25, 0.3) is 0 Å². The first-order chi connectivity index (χ1) is 6.77. The molecule has 0 saturated heterocycles. The van der Waals surface area contributed by atoms with E-state index in [-0.39, 0.29) is 0 Å². The van der Waals surface area contributed by atoms with Crippen molar-refractivity contribution in [1.29, 1.82) is 0 Å². The molecule has 2 aromatic rings. The third-order valence-electron chi connectivity index (χ3n) is 3.08. The molecule has 72 valence electrons. The second kappa shape index (κ2) is 2.86. The number of fused-ring (bicyclic) bond motifs is 1. The van der Waals surface area contributed by atoms with E-state index in [0.29, 0.717) is 0 Å². The molecule has 1 aromatic heterocycles. The number of benzene rings is 1. The minimum Gasteiger partial charge on any atom is -0.338 e. The smallest absolute Gasteiger partial charge is 0.0854 e. The normalized spacial score (nSPS) is 16.4. The number of rotatable bonds is 1. The molecule has 1 nitrogen and oxygen atoms in total. The number of aryl methyl sites for hydroxylation is 1. The van der Waals surface area contributed by atoms with Gasteiger partial charge in [0.2, 0.25) is 0 Å². The fourth-order valence-electron chi connectivity index (χ4n) is 2.10. The zero-order valence-corrected chi connectivity index (χ0v) is 9.71. The van der Waals surface area contributed by atoms with E-state index in [1.807, 2.05) is 0 Å². The van der Waals surface area contributed by atoms with E-state index in [1.165, 1.54) is 33.9 Å². The summed E-state index contributed by atoms with van der Waals surface area (Å²) in [5.74, 6) is 0.827. The Morgan fingerprint density at radius 1 is 1.36 bits per heavy atom. The van der Waals surface area contributed by atoms with Crippen LogP contribution >= 0.6 is 15.9 Å². The molecule has 0 unspecified atom stereocenters. The highest BCUT2D eigenvalue weighted by Crippen LogP contribution is 2.43. The van der Waals surface area contributed by atoms with Crippen molar-refractivity contribution in [3.05, 3.63) is 34.4 Å². The van der Waals surface area contributed by atoms with Crippen LogP contribution in [0.4, 0.5) is 0 Å². The first-order valence-corrected chi connectivity index (χ1v) is 5.80. The maximum atomic E-state index is 3.58. The quantitative estimate of drug-likeness (QED) is 0.725. The van der Waals surface area contributed by atoms with Gasteiger partial charge in [0.05, 0.1) is 4.60 Å². The van der Waals surface area contributed by atoms with Crippen molar-refractivity contribution in [3.63, 3.8) is 0 Å². The largest absolute Gasteiger partial charge is 0.338 e. The number of hydrogen-bond acceptors (Lipinski definition) is 0. The van der Waals surface area contributed by atoms with Crippen molar-refractivity contribution < 1.29 is 0 Å². The lowest BCUT2D eigenvalue weighted by Gasteiger charge is -2.01. The molecule has 0 aliphatic heterocycles. The van der Waals surface area contributed by atoms with Crippen molar-refractivity contribution in [2.24, 2.45) is 7.05 Å². The molecule has 1 aliphatic carbocycles. The highest BCUT2D eigenvalue weighted by molar-refractivity contribution is 9.10. The number of halogens is 1. The van der Waals surface area contributed by atoms with Gasteiger partial charge in [-0.3, -0.25) is 0 Å². The molecule has 14 heavy (non-hydrogen) atoms. The zero-order valence-electron chi connectivity index (χ0n) is 8.13. The molecule has 0 atom stereocenters. The molecular formula is C12H12BrN. The van der Waals surface area contributed by atoms with E-state index in [2.05, 4.69) is 51.8 Å². The van der Waals surface area contributed by atoms with Crippen molar-refractivity contribution in [3.8, 4) is 0 Å². The molecule has 2 heteroatoms. The Hall–Kier alpha value is -0.760. The molecular weight excluding hydrogens is 238 g/mol. The van der Waals surface area contributed by atoms with Crippen molar-refractivity contribution in [2.45, 2.75) is 18.8 Å². The Balaban J connectivity index is 2.35. The van der Waals surface area contributed by atoms with Crippen LogP contribution in [0.15, 0.2) is 28.9 Å². The minimum absolute atomic E-state index is 0.827. The van der Waals surface area contributed by atoms with Gasteiger partial charge in [0, 0.05) is 18.0 Å². The molecule has 1 aliphatic rings. The summed E-state index contributed by atoms with van der Waals surface area (Å²) in [4.78, 5) is 0. The SMILES string of the molecule is Cn1c(Br)cc2c(C3CC3)cccc21. The van der Waals surface area contributed by atoms with E-state index in [1.54, 1.807) is 0 Å². The van der Waals surface area contributed by atoms with Crippen LogP contribution in [0.1, 0.15) is 24.3 Å². The van der Waals surface area contributed by atoms with Crippen molar-refractivity contribution in [1.82, 2.24) is 4.57 Å². The summed E-state index contributed by atoms with van der Waals surface area (Å²) in [6.45, 7) is 0. The third kappa shape index (κ3) is 1.13. The Morgan fingerprint density at radius 2 is 2.14 bits per heavy atom. The van der Waals surface area contributed by atoms with Crippen LogP contribution in [0.2, 0.25) is 0 Å². The molecule has 0 bridgehead atoms. The average Bonchev–Trinajstić information content (AvgIpc) is 2.96. The minimum atomic E-state index is 0.827. The van der Waals surface area contributed by atoms with Gasteiger partial charge in [0.1, 0.15) is 0 Å². The molecule has 0 N–H and O–H groups in total. The van der Waals surface area contributed by atoms with Gasteiger partial charge < -0.3 is 4.57 Å². The van der Waals surface area contributed by atoms with Gasteiger partial charge in [-0.05, 0) is 52.4 Å². The lowest BCUT2D eigenvalue weighted by Crippen LogP contribution is -1.87. The summed E-state index contributed by atoms with van der Waals surface area (Å²) in [7, 11) is 2.10. The molecule has 0 amide bonds. The first-order valence-electron chi connectivity index (χ1n) is 5.01. The predicted octanol–water partition coefficient (Wildman–Crippen LogP) is 3.82. The lowest BCUT2D eigenvalue weighted by atomic mass is 10.1. The van der Waals surface area contributed by atoms with E-state index < -0.39 is 0 Å². The van der Waals surface area contributed by atoms with Gasteiger partial charge in [0.15, 0.2) is 0 Å². The van der Waals surface area contributed by atoms with Crippen LogP contribution in [-0.4, -0.2) is 4.57 Å². The van der Waals surface area contributed by atoms with Gasteiger partial charge in [-0.1, -0.05) is 12.1 Å². The number of aromatic nitrogens is 1. The van der Waals surface area contributed by atoms with Gasteiger partial charge in [-0.2, -0.15) is 0 Å². The van der Waals surface area contributed by atoms with Crippen LogP contribution in [0.25, 0.3) is 10.9 Å². The van der Waals surface area contributed by atoms with Crippen LogP contribution < -0.4 is 0 Å². The molecule has 3 rings (SSSR count). The van der Waals surface area contributed by atoms with Crippen molar-refractivity contribution >= 4 is 26.8 Å². The molecule has 1 heterocycles. The topological polar surface area (TPSA) is 4.93 Å². The van der Waals surface area contributed by atoms with E-state index in [4.69, 9.17) is 0 Å². The Kier molecular flexibility index (Phi) is 1.75. The molecule has 1 saturated carbocycles. The van der Waals surface area contributed by atoms with Gasteiger partial charge in [-0.15, -0.1) is 0 Å². The summed E-state index contributed by atoms with van der Waals surface area (Å²) in [5, 5.41) is 1.42. The fourth-order valence-corrected chi connectivity index (χ4v) is 2.52. The predicted molar refractivity (Wildman–Crippen MR) is 62.6 cm³/mol. The summed E-state index contributed by atoms with van der Waals surface area (Å²) >= 11 is 3.58. The monoisotopic (exact) mass is 249 g/mol. The number of nitrogens with zero attached hydrogens (tertiary/aromatic N) is 1. The maximum Gasteiger partial charge on any atom is 0.0854 e. The highest BCUT2D eigenvalue weighted by Gasteiger charge is 2.25. The van der Waals surface area contributed by atoms with E-state index in [9.17, 15) is 0 Å². The Bertz CT molecular complexity index is 494. The Labute approximate surface area is 91.9 Å². The summed E-state index contributed by atoms with van der Waals surface area (Å²) in [6, 6.07) is 8.86. The second-order valence-corrected chi connectivity index (χ2v) is 4.89. The summed E-state index contributed by atoms with van der Waals surface area (Å²) < 4.78 is 3.36. The zero-order chi connectivity index (χ0) is 9.71. The standard InChI is InChI=1S/C12H12BrN/c1-14-11-4-2-3-9(8-5-6-8)10(11)7-12(14)13/h2-4,7-8H,5-6H2,1H3. The second-order valence-electron chi connectivity index (χ2n) is 4.08. The Morgan fingerprint density at radius 3 is 2.86 bits per heavy atom. The van der Waals surface area contributed by atoms with Gasteiger partial charge >= 0.3 is 0 Å². The van der Waals surface area contributed by atoms with Crippen LogP contribution in [0, 0.1) is 0 Å². The van der Waals surface area contributed by atoms with Crippen molar-refractivity contribution in [2.75, 3.05) is 0 Å². The molecule has 1 aromatic carbocycles. The first kappa shape index (κ1) is 8.54. The van der Waals surface area contributed by atoms with E-state index in [0.717, 1.165) is 5.92 Å². The maximum absolute atomic E-state index is 3.58. The van der Waals surface area contributed by atoms with Crippen LogP contribution in [-0.2, 0) is 7.05 Å². The van der Waals surface area contributed by atoms with Crippen LogP contribution in [0.3, 0.4) is 0 Å². The molecule has 0 spiro atoms. The van der Waals surface area contributed by atoms with E-state index >= 15 is 0 Å². The molecule has 1 fully saturated rings. The summed E-state index contributed by atoms with van der Waals surface area (Å²) in [6.07, 6.45) is 2.73. The average molecular weight is 250 g/mol. The molecule has 0 radical (unpaired) electrons. The van der Waals surface area contributed by atoms with Gasteiger partial charge in [-0.25, -0.2) is 0 Å². The third-order valence-corrected chi connectivity index (χ3v) is 3.84. The lowest BCUT2D eigenvalue weighted by molar-refractivity contribution is 0.940.